The van der Waals surface area contributed by atoms with Gasteiger partial charge < -0.3 is 19.8 Å². The molecular formula is C21H22ClN3O3S. The molecule has 2 heterocycles. The Labute approximate surface area is 178 Å². The maximum Gasteiger partial charge on any atom is 0.252 e. The topological polar surface area (TPSA) is 76.2 Å². The van der Waals surface area contributed by atoms with Crippen LogP contribution in [0.15, 0.2) is 36.4 Å². The zero-order valence-corrected chi connectivity index (χ0v) is 17.6. The molecule has 0 bridgehead atoms. The summed E-state index contributed by atoms with van der Waals surface area (Å²) in [6.07, 6.45) is 3.57. The van der Waals surface area contributed by atoms with Crippen molar-refractivity contribution in [1.82, 2.24) is 15.3 Å². The summed E-state index contributed by atoms with van der Waals surface area (Å²) in [5.74, 6) is 2.41. The number of imidazole rings is 1. The first-order valence-corrected chi connectivity index (χ1v) is 11.3. The largest absolute Gasteiger partial charge is 0.489 e. The minimum atomic E-state index is -0.239. The number of halogens is 1. The van der Waals surface area contributed by atoms with Crippen LogP contribution in [0.4, 0.5) is 0 Å². The Morgan fingerprint density at radius 3 is 2.97 bits per heavy atom. The van der Waals surface area contributed by atoms with E-state index in [0.717, 1.165) is 35.5 Å². The normalized spacial score (nSPS) is 14.4. The summed E-state index contributed by atoms with van der Waals surface area (Å²) < 4.78 is 11.3. The number of aromatic amines is 1. The third kappa shape index (κ3) is 4.46. The summed E-state index contributed by atoms with van der Waals surface area (Å²) in [4.78, 5) is 21.0. The standard InChI is InChI=1S/C21H22ClN3O3S/c1-29-10-7-17(20-23-15-5-2-3-6-16(15)24-20)25-21(26)13-11-14(22)19-18(12-13)27-8-4-9-28-19/h2-3,5-6,11-12,17H,4,7-10H2,1H3,(H,23,24)(H,25,26). The van der Waals surface area contributed by atoms with Crippen LogP contribution in [0, 0.1) is 0 Å². The highest BCUT2D eigenvalue weighted by atomic mass is 35.5. The van der Waals surface area contributed by atoms with Crippen LogP contribution in [-0.2, 0) is 0 Å². The van der Waals surface area contributed by atoms with Gasteiger partial charge in [0.2, 0.25) is 0 Å². The molecule has 0 saturated carbocycles. The van der Waals surface area contributed by atoms with Gasteiger partial charge in [-0.3, -0.25) is 4.79 Å². The number of nitrogens with zero attached hydrogens (tertiary/aromatic N) is 1. The number of ether oxygens (including phenoxy) is 2. The number of thioether (sulfide) groups is 1. The van der Waals surface area contributed by atoms with E-state index < -0.39 is 0 Å². The number of amides is 1. The first-order valence-electron chi connectivity index (χ1n) is 9.49. The fraction of sp³-hybridized carbons (Fsp3) is 0.333. The third-order valence-corrected chi connectivity index (χ3v) is 5.64. The molecule has 2 aromatic carbocycles. The lowest BCUT2D eigenvalue weighted by Crippen LogP contribution is -2.29. The molecule has 29 heavy (non-hydrogen) atoms. The van der Waals surface area contributed by atoms with Crippen LogP contribution >= 0.6 is 23.4 Å². The van der Waals surface area contributed by atoms with Crippen molar-refractivity contribution in [2.45, 2.75) is 18.9 Å². The second-order valence-corrected chi connectivity index (χ2v) is 8.18. The van der Waals surface area contributed by atoms with Gasteiger partial charge in [0.05, 0.1) is 35.3 Å². The van der Waals surface area contributed by atoms with Crippen molar-refractivity contribution >= 4 is 40.3 Å². The molecule has 8 heteroatoms. The smallest absolute Gasteiger partial charge is 0.252 e. The Morgan fingerprint density at radius 2 is 2.14 bits per heavy atom. The van der Waals surface area contributed by atoms with E-state index in [0.29, 0.717) is 35.3 Å². The Hall–Kier alpha value is -2.38. The molecule has 1 atom stereocenters. The Bertz CT molecular complexity index is 991. The van der Waals surface area contributed by atoms with Crippen LogP contribution in [-0.4, -0.2) is 41.1 Å². The van der Waals surface area contributed by atoms with Gasteiger partial charge in [-0.25, -0.2) is 4.98 Å². The number of fused-ring (bicyclic) bond motifs is 2. The van der Waals surface area contributed by atoms with E-state index in [1.165, 1.54) is 0 Å². The summed E-state index contributed by atoms with van der Waals surface area (Å²) >= 11 is 8.07. The molecule has 4 rings (SSSR count). The predicted molar refractivity (Wildman–Crippen MR) is 116 cm³/mol. The number of para-hydroxylation sites is 2. The van der Waals surface area contributed by atoms with E-state index in [-0.39, 0.29) is 11.9 Å². The Kier molecular flexibility index (Phi) is 6.16. The van der Waals surface area contributed by atoms with Gasteiger partial charge in [-0.05, 0) is 42.7 Å². The average molecular weight is 432 g/mol. The summed E-state index contributed by atoms with van der Waals surface area (Å²) in [5, 5.41) is 3.47. The lowest BCUT2D eigenvalue weighted by atomic mass is 10.1. The summed E-state index contributed by atoms with van der Waals surface area (Å²) in [6, 6.07) is 10.9. The van der Waals surface area contributed by atoms with Crippen LogP contribution in [0.1, 0.15) is 35.1 Å². The molecule has 1 amide bonds. The van der Waals surface area contributed by atoms with Crippen LogP contribution in [0.2, 0.25) is 5.02 Å². The number of nitrogens with one attached hydrogen (secondary N) is 2. The zero-order valence-electron chi connectivity index (χ0n) is 16.0. The maximum absolute atomic E-state index is 13.0. The fourth-order valence-electron chi connectivity index (χ4n) is 3.25. The first-order chi connectivity index (χ1) is 14.2. The van der Waals surface area contributed by atoms with E-state index >= 15 is 0 Å². The summed E-state index contributed by atoms with van der Waals surface area (Å²) in [5.41, 5.74) is 2.26. The minimum Gasteiger partial charge on any atom is -0.489 e. The van der Waals surface area contributed by atoms with E-state index in [9.17, 15) is 4.79 Å². The molecule has 6 nitrogen and oxygen atoms in total. The Balaban J connectivity index is 1.59. The molecule has 1 aromatic heterocycles. The molecule has 0 radical (unpaired) electrons. The molecule has 2 N–H and O–H groups in total. The van der Waals surface area contributed by atoms with Crippen LogP contribution in [0.25, 0.3) is 11.0 Å². The molecule has 1 unspecified atom stereocenters. The van der Waals surface area contributed by atoms with Crippen molar-refractivity contribution < 1.29 is 14.3 Å². The van der Waals surface area contributed by atoms with Crippen molar-refractivity contribution in [1.29, 1.82) is 0 Å². The van der Waals surface area contributed by atoms with E-state index in [1.54, 1.807) is 23.9 Å². The number of aromatic nitrogens is 2. The van der Waals surface area contributed by atoms with Crippen molar-refractivity contribution in [3.8, 4) is 11.5 Å². The van der Waals surface area contributed by atoms with Gasteiger partial charge in [0.1, 0.15) is 5.82 Å². The second kappa shape index (κ2) is 8.97. The fourth-order valence-corrected chi connectivity index (χ4v) is 3.99. The number of benzene rings is 2. The van der Waals surface area contributed by atoms with Crippen molar-refractivity contribution in [3.63, 3.8) is 0 Å². The number of H-pyrrole nitrogens is 1. The molecule has 152 valence electrons. The highest BCUT2D eigenvalue weighted by Crippen LogP contribution is 2.38. The molecule has 1 aliphatic rings. The second-order valence-electron chi connectivity index (χ2n) is 6.78. The third-order valence-electron chi connectivity index (χ3n) is 4.72. The van der Waals surface area contributed by atoms with Gasteiger partial charge in [0.25, 0.3) is 5.91 Å². The molecule has 0 aliphatic carbocycles. The maximum atomic E-state index is 13.0. The van der Waals surface area contributed by atoms with E-state index in [2.05, 4.69) is 15.3 Å². The SMILES string of the molecule is CSCCC(NC(=O)c1cc(Cl)c2c(c1)OCCCO2)c1nc2ccccc2[nH]1. The molecule has 0 spiro atoms. The summed E-state index contributed by atoms with van der Waals surface area (Å²) in [7, 11) is 0. The van der Waals surface area contributed by atoms with Crippen molar-refractivity contribution in [2.24, 2.45) is 0 Å². The van der Waals surface area contributed by atoms with Crippen LogP contribution < -0.4 is 14.8 Å². The van der Waals surface area contributed by atoms with E-state index in [1.807, 2.05) is 30.5 Å². The van der Waals surface area contributed by atoms with Gasteiger partial charge in [-0.2, -0.15) is 11.8 Å². The zero-order chi connectivity index (χ0) is 20.2. The monoisotopic (exact) mass is 431 g/mol. The molecular weight excluding hydrogens is 410 g/mol. The number of rotatable bonds is 6. The molecule has 1 aliphatic heterocycles. The lowest BCUT2D eigenvalue weighted by molar-refractivity contribution is 0.0933. The minimum absolute atomic E-state index is 0.228. The number of hydrogen-bond donors (Lipinski definition) is 2. The molecule has 3 aromatic rings. The lowest BCUT2D eigenvalue weighted by Gasteiger charge is -2.17. The van der Waals surface area contributed by atoms with E-state index in [4.69, 9.17) is 21.1 Å². The van der Waals surface area contributed by atoms with Gasteiger partial charge >= 0.3 is 0 Å². The number of carbonyl (C=O) groups is 1. The van der Waals surface area contributed by atoms with Gasteiger partial charge in [0.15, 0.2) is 11.5 Å². The first kappa shape index (κ1) is 19.9. The quantitative estimate of drug-likeness (QED) is 0.596. The summed E-state index contributed by atoms with van der Waals surface area (Å²) in [6.45, 7) is 1.07. The van der Waals surface area contributed by atoms with Crippen molar-refractivity contribution in [2.75, 3.05) is 25.2 Å². The van der Waals surface area contributed by atoms with Crippen LogP contribution in [0.3, 0.4) is 0 Å². The average Bonchev–Trinajstić information content (AvgIpc) is 3.01. The molecule has 0 fully saturated rings. The van der Waals surface area contributed by atoms with Crippen LogP contribution in [0.5, 0.6) is 11.5 Å². The Morgan fingerprint density at radius 1 is 1.31 bits per heavy atom. The van der Waals surface area contributed by atoms with Crippen molar-refractivity contribution in [3.05, 3.63) is 52.8 Å². The molecule has 0 saturated heterocycles. The highest BCUT2D eigenvalue weighted by Gasteiger charge is 2.22. The van der Waals surface area contributed by atoms with Gasteiger partial charge in [-0.15, -0.1) is 0 Å². The van der Waals surface area contributed by atoms with Gasteiger partial charge in [-0.1, -0.05) is 23.7 Å². The highest BCUT2D eigenvalue weighted by molar-refractivity contribution is 7.98. The number of carbonyl (C=O) groups excluding carboxylic acids is 1. The predicted octanol–water partition coefficient (Wildman–Crippen LogP) is 4.60. The number of hydrogen-bond acceptors (Lipinski definition) is 5. The van der Waals surface area contributed by atoms with Gasteiger partial charge in [0, 0.05) is 12.0 Å².